The van der Waals surface area contributed by atoms with Gasteiger partial charge in [-0.05, 0) is 63.7 Å². The van der Waals surface area contributed by atoms with Crippen LogP contribution in [0.4, 0.5) is 0 Å². The average Bonchev–Trinajstić information content (AvgIpc) is 2.75. The van der Waals surface area contributed by atoms with E-state index in [1.165, 1.54) is 19.3 Å². The predicted molar refractivity (Wildman–Crippen MR) is 71.5 cm³/mol. The van der Waals surface area contributed by atoms with Crippen LogP contribution in [0.15, 0.2) is 0 Å². The van der Waals surface area contributed by atoms with E-state index in [4.69, 9.17) is 0 Å². The quantitative estimate of drug-likeness (QED) is 0.888. The van der Waals surface area contributed by atoms with Crippen molar-refractivity contribution in [2.75, 3.05) is 0 Å². The largest absolute Gasteiger partial charge is 0.388 e. The zero-order valence-corrected chi connectivity index (χ0v) is 12.0. The summed E-state index contributed by atoms with van der Waals surface area (Å²) in [6.45, 7) is 6.50. The first-order chi connectivity index (χ1) is 9.02. The maximum absolute atomic E-state index is 9.49. The van der Waals surface area contributed by atoms with Crippen molar-refractivity contribution in [3.8, 4) is 0 Å². The molecule has 1 aromatic heterocycles. The van der Waals surface area contributed by atoms with Gasteiger partial charge in [-0.3, -0.25) is 0 Å². The summed E-state index contributed by atoms with van der Waals surface area (Å²) in [6, 6.07) is 0. The Balaban J connectivity index is 1.72. The van der Waals surface area contributed by atoms with Crippen molar-refractivity contribution in [3.05, 3.63) is 11.6 Å². The second-order valence-corrected chi connectivity index (χ2v) is 7.65. The van der Waals surface area contributed by atoms with Crippen LogP contribution in [0.1, 0.15) is 57.6 Å². The van der Waals surface area contributed by atoms with Gasteiger partial charge in [-0.25, -0.2) is 0 Å². The number of aliphatic hydroxyl groups is 1. The van der Waals surface area contributed by atoms with Crippen LogP contribution in [-0.2, 0) is 12.1 Å². The highest BCUT2D eigenvalue weighted by atomic mass is 16.3. The van der Waals surface area contributed by atoms with Gasteiger partial charge in [-0.1, -0.05) is 0 Å². The Morgan fingerprint density at radius 3 is 2.32 bits per heavy atom. The molecule has 0 saturated heterocycles. The Bertz CT molecular complexity index is 500. The summed E-state index contributed by atoms with van der Waals surface area (Å²) in [5, 5.41) is 18.2. The number of aromatic nitrogens is 3. The Kier molecular flexibility index (Phi) is 2.25. The first-order valence-corrected chi connectivity index (χ1v) is 7.58. The predicted octanol–water partition coefficient (Wildman–Crippen LogP) is 2.28. The van der Waals surface area contributed by atoms with E-state index in [0.29, 0.717) is 5.92 Å². The molecule has 2 bridgehead atoms. The Morgan fingerprint density at radius 1 is 1.16 bits per heavy atom. The highest BCUT2D eigenvalue weighted by Crippen LogP contribution is 2.72. The number of hydrogen-bond donors (Lipinski definition) is 1. The van der Waals surface area contributed by atoms with Crippen molar-refractivity contribution in [1.82, 2.24) is 14.8 Å². The fourth-order valence-corrected chi connectivity index (χ4v) is 5.05. The highest BCUT2D eigenvalue weighted by Gasteiger charge is 2.66. The number of aliphatic hydroxyl groups excluding tert-OH is 1. The van der Waals surface area contributed by atoms with Gasteiger partial charge >= 0.3 is 0 Å². The lowest BCUT2D eigenvalue weighted by Gasteiger charge is -2.25. The first-order valence-electron chi connectivity index (χ1n) is 7.58. The van der Waals surface area contributed by atoms with Gasteiger partial charge in [0.1, 0.15) is 12.4 Å². The van der Waals surface area contributed by atoms with Gasteiger partial charge < -0.3 is 9.67 Å². The third-order valence-electron chi connectivity index (χ3n) is 5.60. The summed E-state index contributed by atoms with van der Waals surface area (Å²) >= 11 is 0. The maximum atomic E-state index is 9.49. The lowest BCUT2D eigenvalue weighted by atomic mass is 10.0. The molecular formula is C15H23N3O. The molecule has 1 aromatic rings. The second-order valence-electron chi connectivity index (χ2n) is 7.65. The normalized spacial score (nSPS) is 39.7. The molecule has 0 aliphatic heterocycles. The molecule has 4 heteroatoms. The molecule has 4 nitrogen and oxygen atoms in total. The lowest BCUT2D eigenvalue weighted by Crippen LogP contribution is -2.27. The smallest absolute Gasteiger partial charge is 0.159 e. The third-order valence-corrected chi connectivity index (χ3v) is 5.60. The van der Waals surface area contributed by atoms with Gasteiger partial charge in [0.25, 0.3) is 0 Å². The van der Waals surface area contributed by atoms with Crippen LogP contribution >= 0.6 is 0 Å². The zero-order valence-electron chi connectivity index (χ0n) is 12.0. The Hall–Kier alpha value is -0.900. The molecule has 104 valence electrons. The van der Waals surface area contributed by atoms with Gasteiger partial charge in [0, 0.05) is 11.5 Å². The molecule has 4 rings (SSSR count). The standard InChI is InChI=1S/C15H23N3O/c1-15(2,3)18-10(7-19)16-17-14(18)13-11-8-4-5-9(6-8)12(11)13/h8-9,11-13,19H,4-7H2,1-3H3. The molecule has 19 heavy (non-hydrogen) atoms. The van der Waals surface area contributed by atoms with Gasteiger partial charge in [0.2, 0.25) is 0 Å². The van der Waals surface area contributed by atoms with E-state index in [1.807, 2.05) is 0 Å². The second kappa shape index (κ2) is 3.60. The van der Waals surface area contributed by atoms with Crippen LogP contribution in [0.2, 0.25) is 0 Å². The summed E-state index contributed by atoms with van der Waals surface area (Å²) in [5.41, 5.74) is -0.0488. The first kappa shape index (κ1) is 11.9. The molecule has 3 aliphatic carbocycles. The minimum Gasteiger partial charge on any atom is -0.388 e. The summed E-state index contributed by atoms with van der Waals surface area (Å²) in [7, 11) is 0. The fraction of sp³-hybridized carbons (Fsp3) is 0.867. The monoisotopic (exact) mass is 261 g/mol. The molecule has 4 atom stereocenters. The van der Waals surface area contributed by atoms with E-state index in [2.05, 4.69) is 35.5 Å². The van der Waals surface area contributed by atoms with Crippen LogP contribution in [0.5, 0.6) is 0 Å². The minimum atomic E-state index is -0.0488. The zero-order chi connectivity index (χ0) is 13.4. The molecule has 0 aromatic carbocycles. The Labute approximate surface area is 114 Å². The third kappa shape index (κ3) is 1.49. The van der Waals surface area contributed by atoms with Crippen LogP contribution in [-0.4, -0.2) is 19.9 Å². The fourth-order valence-electron chi connectivity index (χ4n) is 5.05. The van der Waals surface area contributed by atoms with E-state index in [0.717, 1.165) is 35.3 Å². The summed E-state index contributed by atoms with van der Waals surface area (Å²) in [6.07, 6.45) is 4.32. The van der Waals surface area contributed by atoms with Crippen LogP contribution in [0.25, 0.3) is 0 Å². The van der Waals surface area contributed by atoms with Crippen molar-refractivity contribution in [2.24, 2.45) is 23.7 Å². The van der Waals surface area contributed by atoms with Gasteiger partial charge in [-0.15, -0.1) is 10.2 Å². The molecular weight excluding hydrogens is 238 g/mol. The number of rotatable bonds is 2. The average molecular weight is 261 g/mol. The van der Waals surface area contributed by atoms with Crippen molar-refractivity contribution >= 4 is 0 Å². The summed E-state index contributed by atoms with van der Waals surface area (Å²) in [4.78, 5) is 0. The van der Waals surface area contributed by atoms with E-state index in [9.17, 15) is 5.11 Å². The van der Waals surface area contributed by atoms with Crippen molar-refractivity contribution < 1.29 is 5.11 Å². The lowest BCUT2D eigenvalue weighted by molar-refractivity contribution is 0.247. The van der Waals surface area contributed by atoms with Crippen LogP contribution in [0.3, 0.4) is 0 Å². The van der Waals surface area contributed by atoms with Crippen LogP contribution < -0.4 is 0 Å². The molecule has 3 fully saturated rings. The van der Waals surface area contributed by atoms with Crippen LogP contribution in [0, 0.1) is 23.7 Å². The topological polar surface area (TPSA) is 50.9 Å². The highest BCUT2D eigenvalue weighted by molar-refractivity contribution is 5.25. The van der Waals surface area contributed by atoms with Crippen molar-refractivity contribution in [3.63, 3.8) is 0 Å². The number of hydrogen-bond acceptors (Lipinski definition) is 3. The van der Waals surface area contributed by atoms with Crippen molar-refractivity contribution in [2.45, 2.75) is 58.1 Å². The Morgan fingerprint density at radius 2 is 1.79 bits per heavy atom. The molecule has 1 N–H and O–H groups in total. The number of nitrogens with zero attached hydrogens (tertiary/aromatic N) is 3. The molecule has 1 heterocycles. The molecule has 0 radical (unpaired) electrons. The van der Waals surface area contributed by atoms with E-state index >= 15 is 0 Å². The molecule has 4 unspecified atom stereocenters. The molecule has 3 aliphatic rings. The maximum Gasteiger partial charge on any atom is 0.159 e. The molecule has 3 saturated carbocycles. The van der Waals surface area contributed by atoms with E-state index in [-0.39, 0.29) is 12.1 Å². The van der Waals surface area contributed by atoms with Gasteiger partial charge in [-0.2, -0.15) is 0 Å². The van der Waals surface area contributed by atoms with Gasteiger partial charge in [0.15, 0.2) is 5.82 Å². The summed E-state index contributed by atoms with van der Waals surface area (Å²) in [5.74, 6) is 6.12. The summed E-state index contributed by atoms with van der Waals surface area (Å²) < 4.78 is 2.19. The van der Waals surface area contributed by atoms with E-state index in [1.54, 1.807) is 0 Å². The SMILES string of the molecule is CC(C)(C)n1c(CO)nnc1C1C2C3CCC(C3)C12. The molecule has 0 amide bonds. The minimum absolute atomic E-state index is 0.0147. The van der Waals surface area contributed by atoms with E-state index < -0.39 is 0 Å². The van der Waals surface area contributed by atoms with Gasteiger partial charge in [0.05, 0.1) is 0 Å². The number of fused-ring (bicyclic) bond motifs is 5. The molecule has 0 spiro atoms. The van der Waals surface area contributed by atoms with Crippen molar-refractivity contribution in [1.29, 1.82) is 0 Å².